The molecule has 6 heteroatoms. The van der Waals surface area contributed by atoms with E-state index in [-0.39, 0.29) is 24.0 Å². The predicted octanol–water partition coefficient (Wildman–Crippen LogP) is 3.73. The third-order valence-corrected chi connectivity index (χ3v) is 6.09. The first-order chi connectivity index (χ1) is 12.3. The van der Waals surface area contributed by atoms with E-state index in [4.69, 9.17) is 14.1 Å². The molecule has 2 aliphatic carbocycles. The number of nitrogens with one attached hydrogen (secondary N) is 2. The van der Waals surface area contributed by atoms with Gasteiger partial charge in [0.2, 0.25) is 0 Å². The van der Waals surface area contributed by atoms with E-state index < -0.39 is 0 Å². The molecule has 0 amide bonds. The first-order valence-corrected chi connectivity index (χ1v) is 9.98. The lowest BCUT2D eigenvalue weighted by molar-refractivity contribution is 0.0165. The molecule has 5 nitrogen and oxygen atoms in total. The summed E-state index contributed by atoms with van der Waals surface area (Å²) >= 11 is 0. The fourth-order valence-corrected chi connectivity index (χ4v) is 4.79. The molecular weight excluding hydrogens is 441 g/mol. The zero-order chi connectivity index (χ0) is 17.1. The fraction of sp³-hybridized carbons (Fsp3) is 0.750. The molecule has 1 aromatic heterocycles. The van der Waals surface area contributed by atoms with Crippen LogP contribution in [0.3, 0.4) is 0 Å². The van der Waals surface area contributed by atoms with Gasteiger partial charge in [-0.3, -0.25) is 4.99 Å². The van der Waals surface area contributed by atoms with E-state index >= 15 is 0 Å². The van der Waals surface area contributed by atoms with Crippen molar-refractivity contribution in [3.05, 3.63) is 24.2 Å². The minimum Gasteiger partial charge on any atom is -0.469 e. The highest BCUT2D eigenvalue weighted by atomic mass is 127. The second-order valence-corrected chi connectivity index (χ2v) is 8.03. The SMILES string of the molecule is CC1CC(NC(=NCCc2ccco2)NC2CC3CCC2C3)CCO1.I. The number of fused-ring (bicyclic) bond motifs is 2. The van der Waals surface area contributed by atoms with Crippen molar-refractivity contribution in [3.8, 4) is 0 Å². The average molecular weight is 473 g/mol. The van der Waals surface area contributed by atoms with Crippen molar-refractivity contribution >= 4 is 29.9 Å². The molecule has 0 spiro atoms. The first-order valence-electron chi connectivity index (χ1n) is 9.98. The smallest absolute Gasteiger partial charge is 0.191 e. The molecule has 1 aliphatic heterocycles. The lowest BCUT2D eigenvalue weighted by atomic mass is 9.95. The van der Waals surface area contributed by atoms with E-state index in [1.54, 1.807) is 6.26 Å². The highest BCUT2D eigenvalue weighted by Gasteiger charge is 2.40. The van der Waals surface area contributed by atoms with Gasteiger partial charge in [-0.2, -0.15) is 0 Å². The maximum absolute atomic E-state index is 5.68. The third-order valence-electron chi connectivity index (χ3n) is 6.09. The van der Waals surface area contributed by atoms with E-state index in [0.29, 0.717) is 18.2 Å². The highest BCUT2D eigenvalue weighted by molar-refractivity contribution is 14.0. The summed E-state index contributed by atoms with van der Waals surface area (Å²) < 4.78 is 11.1. The molecule has 4 rings (SSSR count). The molecule has 3 fully saturated rings. The van der Waals surface area contributed by atoms with Crippen molar-refractivity contribution < 1.29 is 9.15 Å². The van der Waals surface area contributed by atoms with Crippen LogP contribution in [0.5, 0.6) is 0 Å². The summed E-state index contributed by atoms with van der Waals surface area (Å²) in [5.74, 6) is 3.77. The van der Waals surface area contributed by atoms with Gasteiger partial charge in [0.15, 0.2) is 5.96 Å². The van der Waals surface area contributed by atoms with Gasteiger partial charge in [0.25, 0.3) is 0 Å². The number of hydrogen-bond acceptors (Lipinski definition) is 3. The molecule has 2 N–H and O–H groups in total. The molecule has 2 bridgehead atoms. The van der Waals surface area contributed by atoms with Crippen LogP contribution in [0.25, 0.3) is 0 Å². The van der Waals surface area contributed by atoms with Gasteiger partial charge in [-0.1, -0.05) is 6.42 Å². The molecule has 2 heterocycles. The van der Waals surface area contributed by atoms with Crippen molar-refractivity contribution in [2.45, 2.75) is 70.1 Å². The van der Waals surface area contributed by atoms with Gasteiger partial charge in [-0.15, -0.1) is 24.0 Å². The minimum absolute atomic E-state index is 0. The number of guanidine groups is 1. The number of rotatable bonds is 5. The zero-order valence-electron chi connectivity index (χ0n) is 15.7. The van der Waals surface area contributed by atoms with Crippen molar-refractivity contribution in [1.29, 1.82) is 0 Å². The quantitative estimate of drug-likeness (QED) is 0.389. The van der Waals surface area contributed by atoms with Crippen molar-refractivity contribution in [2.24, 2.45) is 16.8 Å². The lowest BCUT2D eigenvalue weighted by Crippen LogP contribution is -2.51. The molecule has 3 aliphatic rings. The van der Waals surface area contributed by atoms with Crippen LogP contribution in [0.4, 0.5) is 0 Å². The monoisotopic (exact) mass is 473 g/mol. The van der Waals surface area contributed by atoms with Crippen LogP contribution in [0, 0.1) is 11.8 Å². The van der Waals surface area contributed by atoms with Crippen LogP contribution in [0.15, 0.2) is 27.8 Å². The topological polar surface area (TPSA) is 58.8 Å². The van der Waals surface area contributed by atoms with Crippen LogP contribution < -0.4 is 10.6 Å². The summed E-state index contributed by atoms with van der Waals surface area (Å²) in [6.07, 6.45) is 10.6. The standard InChI is InChI=1S/C20H31N3O2.HI/c1-14-11-17(7-10-24-14)22-20(21-8-6-18-3-2-9-25-18)23-19-13-15-4-5-16(19)12-15;/h2-3,9,14-17,19H,4-8,10-13H2,1H3,(H2,21,22,23);1H. The van der Waals surface area contributed by atoms with Gasteiger partial charge in [0, 0.05) is 31.7 Å². The maximum Gasteiger partial charge on any atom is 0.191 e. The number of aliphatic imine (C=N–C) groups is 1. The molecule has 0 aromatic carbocycles. The van der Waals surface area contributed by atoms with E-state index in [2.05, 4.69) is 17.6 Å². The second kappa shape index (κ2) is 9.44. The molecule has 1 aromatic rings. The molecule has 5 unspecified atom stereocenters. The predicted molar refractivity (Wildman–Crippen MR) is 114 cm³/mol. The van der Waals surface area contributed by atoms with Gasteiger partial charge in [-0.25, -0.2) is 0 Å². The first kappa shape index (κ1) is 20.0. The molecule has 26 heavy (non-hydrogen) atoms. The van der Waals surface area contributed by atoms with Crippen molar-refractivity contribution in [2.75, 3.05) is 13.2 Å². The van der Waals surface area contributed by atoms with Crippen LogP contribution in [-0.4, -0.2) is 37.3 Å². The second-order valence-electron chi connectivity index (χ2n) is 8.03. The Morgan fingerprint density at radius 1 is 1.19 bits per heavy atom. The fourth-order valence-electron chi connectivity index (χ4n) is 4.79. The summed E-state index contributed by atoms with van der Waals surface area (Å²) in [6.45, 7) is 3.75. The zero-order valence-corrected chi connectivity index (χ0v) is 18.0. The molecule has 5 atom stereocenters. The number of ether oxygens (including phenoxy) is 1. The Labute approximate surface area is 173 Å². The Morgan fingerprint density at radius 2 is 2.12 bits per heavy atom. The van der Waals surface area contributed by atoms with Crippen molar-refractivity contribution in [1.82, 2.24) is 10.6 Å². The Kier molecular flexibility index (Phi) is 7.26. The normalized spacial score (nSPS) is 33.7. The maximum atomic E-state index is 5.68. The summed E-state index contributed by atoms with van der Waals surface area (Å²) in [6, 6.07) is 5.02. The summed E-state index contributed by atoms with van der Waals surface area (Å²) in [5.41, 5.74) is 0. The van der Waals surface area contributed by atoms with Crippen LogP contribution >= 0.6 is 24.0 Å². The van der Waals surface area contributed by atoms with Gasteiger partial charge < -0.3 is 19.8 Å². The number of nitrogens with zero attached hydrogens (tertiary/aromatic N) is 1. The molecule has 1 saturated heterocycles. The van der Waals surface area contributed by atoms with E-state index in [1.165, 1.54) is 25.7 Å². The highest BCUT2D eigenvalue weighted by Crippen LogP contribution is 2.44. The van der Waals surface area contributed by atoms with Crippen LogP contribution in [0.1, 0.15) is 51.2 Å². The lowest BCUT2D eigenvalue weighted by Gasteiger charge is -2.31. The minimum atomic E-state index is 0. The summed E-state index contributed by atoms with van der Waals surface area (Å²) in [7, 11) is 0. The Balaban J connectivity index is 0.00000196. The van der Waals surface area contributed by atoms with Gasteiger partial charge in [0.1, 0.15) is 5.76 Å². The molecule has 146 valence electrons. The Hall–Kier alpha value is -0.760. The molecule has 0 radical (unpaired) electrons. The summed E-state index contributed by atoms with van der Waals surface area (Å²) in [4.78, 5) is 4.86. The summed E-state index contributed by atoms with van der Waals surface area (Å²) in [5, 5.41) is 7.44. The number of hydrogen-bond donors (Lipinski definition) is 2. The van der Waals surface area contributed by atoms with Gasteiger partial charge >= 0.3 is 0 Å². The van der Waals surface area contributed by atoms with Gasteiger partial charge in [0.05, 0.1) is 12.4 Å². The number of furan rings is 1. The van der Waals surface area contributed by atoms with E-state index in [9.17, 15) is 0 Å². The van der Waals surface area contributed by atoms with E-state index in [1.807, 2.05) is 12.1 Å². The molecule has 2 saturated carbocycles. The Bertz CT molecular complexity index is 578. The molecular formula is C20H32IN3O2. The van der Waals surface area contributed by atoms with E-state index in [0.717, 1.165) is 56.0 Å². The number of halogens is 1. The average Bonchev–Trinajstić information content (AvgIpc) is 3.33. The largest absolute Gasteiger partial charge is 0.469 e. The van der Waals surface area contributed by atoms with Crippen LogP contribution in [-0.2, 0) is 11.2 Å². The van der Waals surface area contributed by atoms with Crippen LogP contribution in [0.2, 0.25) is 0 Å². The third kappa shape index (κ3) is 5.15. The Morgan fingerprint density at radius 3 is 2.81 bits per heavy atom. The van der Waals surface area contributed by atoms with Gasteiger partial charge in [-0.05, 0) is 63.0 Å². The van der Waals surface area contributed by atoms with Crippen molar-refractivity contribution in [3.63, 3.8) is 0 Å².